The van der Waals surface area contributed by atoms with Crippen molar-refractivity contribution in [2.24, 2.45) is 0 Å². The molecule has 104 valence electrons. The molecule has 0 unspecified atom stereocenters. The lowest BCUT2D eigenvalue weighted by Gasteiger charge is -2.06. The number of carbonyl (C=O) groups is 1. The standard InChI is InChI=1S/C11H8ClN3O3S2/c12-8-2-1-7(15(17)18)5-9(8)14-10(16)6-20-11-13-3-4-19-11/h1-5H,6H2,(H,14,16). The van der Waals surface area contributed by atoms with Gasteiger partial charge in [-0.25, -0.2) is 4.98 Å². The van der Waals surface area contributed by atoms with E-state index in [1.807, 2.05) is 5.38 Å². The van der Waals surface area contributed by atoms with E-state index in [0.717, 1.165) is 4.34 Å². The van der Waals surface area contributed by atoms with Gasteiger partial charge in [-0.2, -0.15) is 0 Å². The Morgan fingerprint density at radius 3 is 3.00 bits per heavy atom. The number of nitrogens with one attached hydrogen (secondary N) is 1. The zero-order valence-electron chi connectivity index (χ0n) is 9.91. The monoisotopic (exact) mass is 329 g/mol. The van der Waals surface area contributed by atoms with Crippen LogP contribution >= 0.6 is 34.7 Å². The number of nitrogens with zero attached hydrogens (tertiary/aromatic N) is 2. The third-order valence-electron chi connectivity index (χ3n) is 2.17. The van der Waals surface area contributed by atoms with Crippen LogP contribution in [0.5, 0.6) is 0 Å². The Hall–Kier alpha value is -1.64. The van der Waals surface area contributed by atoms with Crippen molar-refractivity contribution >= 4 is 52.0 Å². The number of nitro groups is 1. The second kappa shape index (κ2) is 6.69. The summed E-state index contributed by atoms with van der Waals surface area (Å²) < 4.78 is 0.783. The number of anilines is 1. The maximum Gasteiger partial charge on any atom is 0.271 e. The predicted octanol–water partition coefficient (Wildman–Crippen LogP) is 3.44. The van der Waals surface area contributed by atoms with E-state index < -0.39 is 4.92 Å². The number of thiazole rings is 1. The lowest BCUT2D eigenvalue weighted by atomic mass is 10.3. The predicted molar refractivity (Wildman–Crippen MR) is 79.6 cm³/mol. The number of hydrogen-bond acceptors (Lipinski definition) is 6. The number of amides is 1. The van der Waals surface area contributed by atoms with Crippen LogP contribution in [0.15, 0.2) is 34.1 Å². The summed E-state index contributed by atoms with van der Waals surface area (Å²) in [7, 11) is 0. The Balaban J connectivity index is 2.00. The fraction of sp³-hybridized carbons (Fsp3) is 0.0909. The summed E-state index contributed by atoms with van der Waals surface area (Å²) in [4.78, 5) is 25.9. The van der Waals surface area contributed by atoms with Gasteiger partial charge in [0.25, 0.3) is 5.69 Å². The third-order valence-corrected chi connectivity index (χ3v) is 4.47. The largest absolute Gasteiger partial charge is 0.324 e. The normalized spacial score (nSPS) is 10.2. The first-order valence-corrected chi connectivity index (χ1v) is 7.56. The molecule has 0 saturated heterocycles. The second-order valence-corrected chi connectivity index (χ2v) is 6.08. The van der Waals surface area contributed by atoms with Gasteiger partial charge in [-0.1, -0.05) is 23.4 Å². The molecule has 0 saturated carbocycles. The highest BCUT2D eigenvalue weighted by atomic mass is 35.5. The number of carbonyl (C=O) groups excluding carboxylic acids is 1. The molecule has 0 radical (unpaired) electrons. The molecule has 0 aliphatic carbocycles. The van der Waals surface area contributed by atoms with E-state index in [1.54, 1.807) is 6.20 Å². The number of thioether (sulfide) groups is 1. The molecular weight excluding hydrogens is 322 g/mol. The Labute approximate surface area is 127 Å². The van der Waals surface area contributed by atoms with Crippen molar-refractivity contribution in [3.63, 3.8) is 0 Å². The second-order valence-electron chi connectivity index (χ2n) is 3.56. The summed E-state index contributed by atoms with van der Waals surface area (Å²) in [5, 5.41) is 15.3. The first-order chi connectivity index (χ1) is 9.56. The molecule has 20 heavy (non-hydrogen) atoms. The van der Waals surface area contributed by atoms with Gasteiger partial charge in [-0.15, -0.1) is 11.3 Å². The average Bonchev–Trinajstić information content (AvgIpc) is 2.92. The number of halogens is 1. The van der Waals surface area contributed by atoms with E-state index in [2.05, 4.69) is 10.3 Å². The Morgan fingerprint density at radius 2 is 2.35 bits per heavy atom. The van der Waals surface area contributed by atoms with E-state index in [-0.39, 0.29) is 28.1 Å². The number of benzene rings is 1. The maximum atomic E-state index is 11.8. The van der Waals surface area contributed by atoms with E-state index in [4.69, 9.17) is 11.6 Å². The van der Waals surface area contributed by atoms with Crippen LogP contribution in [0.3, 0.4) is 0 Å². The molecule has 2 aromatic rings. The van der Waals surface area contributed by atoms with E-state index in [0.29, 0.717) is 0 Å². The molecule has 0 aliphatic heterocycles. The summed E-state index contributed by atoms with van der Waals surface area (Å²) >= 11 is 8.62. The fourth-order valence-electron chi connectivity index (χ4n) is 1.32. The van der Waals surface area contributed by atoms with Crippen molar-refractivity contribution in [2.45, 2.75) is 4.34 Å². The van der Waals surface area contributed by atoms with Crippen LogP contribution in [-0.4, -0.2) is 21.6 Å². The molecule has 1 amide bonds. The summed E-state index contributed by atoms with van der Waals surface area (Å²) in [6.45, 7) is 0. The first kappa shape index (κ1) is 14.8. The molecule has 1 heterocycles. The number of rotatable bonds is 5. The minimum absolute atomic E-state index is 0.128. The zero-order valence-corrected chi connectivity index (χ0v) is 12.3. The van der Waals surface area contributed by atoms with Crippen LogP contribution in [0.4, 0.5) is 11.4 Å². The summed E-state index contributed by atoms with van der Waals surface area (Å²) in [5.41, 5.74) is 0.0999. The average molecular weight is 330 g/mol. The molecule has 0 bridgehead atoms. The van der Waals surface area contributed by atoms with Crippen molar-refractivity contribution in [1.82, 2.24) is 4.98 Å². The van der Waals surface area contributed by atoms with E-state index >= 15 is 0 Å². The molecular formula is C11H8ClN3O3S2. The van der Waals surface area contributed by atoms with Crippen molar-refractivity contribution in [3.05, 3.63) is 44.9 Å². The Kier molecular flexibility index (Phi) is 4.94. The molecule has 1 aromatic carbocycles. The quantitative estimate of drug-likeness (QED) is 0.516. The van der Waals surface area contributed by atoms with Crippen LogP contribution in [0, 0.1) is 10.1 Å². The minimum atomic E-state index is -0.545. The molecule has 9 heteroatoms. The van der Waals surface area contributed by atoms with E-state index in [9.17, 15) is 14.9 Å². The molecule has 1 aromatic heterocycles. The number of aromatic nitrogens is 1. The van der Waals surface area contributed by atoms with Crippen molar-refractivity contribution in [3.8, 4) is 0 Å². The summed E-state index contributed by atoms with van der Waals surface area (Å²) in [6.07, 6.45) is 1.66. The van der Waals surface area contributed by atoms with Crippen LogP contribution in [0.1, 0.15) is 0 Å². The highest BCUT2D eigenvalue weighted by Crippen LogP contribution is 2.27. The fourth-order valence-corrected chi connectivity index (χ4v) is 2.92. The van der Waals surface area contributed by atoms with Gasteiger partial charge in [-0.3, -0.25) is 14.9 Å². The number of non-ortho nitro benzene ring substituents is 1. The van der Waals surface area contributed by atoms with Crippen LogP contribution < -0.4 is 5.32 Å². The highest BCUT2D eigenvalue weighted by molar-refractivity contribution is 8.01. The van der Waals surface area contributed by atoms with Crippen molar-refractivity contribution < 1.29 is 9.72 Å². The maximum absolute atomic E-state index is 11.8. The van der Waals surface area contributed by atoms with Gasteiger partial charge in [-0.05, 0) is 6.07 Å². The van der Waals surface area contributed by atoms with Crippen molar-refractivity contribution in [1.29, 1.82) is 0 Å². The van der Waals surface area contributed by atoms with Crippen LogP contribution in [0.2, 0.25) is 5.02 Å². The smallest absolute Gasteiger partial charge is 0.271 e. The highest BCUT2D eigenvalue weighted by Gasteiger charge is 2.12. The Morgan fingerprint density at radius 1 is 1.55 bits per heavy atom. The van der Waals surface area contributed by atoms with Gasteiger partial charge >= 0.3 is 0 Å². The number of hydrogen-bond donors (Lipinski definition) is 1. The summed E-state index contributed by atoms with van der Waals surface area (Å²) in [6, 6.07) is 3.89. The molecule has 1 N–H and O–H groups in total. The van der Waals surface area contributed by atoms with Gasteiger partial charge in [0.15, 0.2) is 0 Å². The molecule has 0 fully saturated rings. The lowest BCUT2D eigenvalue weighted by molar-refractivity contribution is -0.384. The van der Waals surface area contributed by atoms with Gasteiger partial charge in [0.2, 0.25) is 5.91 Å². The van der Waals surface area contributed by atoms with Gasteiger partial charge in [0.05, 0.1) is 21.4 Å². The van der Waals surface area contributed by atoms with Crippen molar-refractivity contribution in [2.75, 3.05) is 11.1 Å². The van der Waals surface area contributed by atoms with Gasteiger partial charge in [0.1, 0.15) is 4.34 Å². The third kappa shape index (κ3) is 3.92. The zero-order chi connectivity index (χ0) is 14.5. The van der Waals surface area contributed by atoms with E-state index in [1.165, 1.54) is 41.3 Å². The molecule has 2 rings (SSSR count). The first-order valence-electron chi connectivity index (χ1n) is 5.32. The molecule has 6 nitrogen and oxygen atoms in total. The minimum Gasteiger partial charge on any atom is -0.324 e. The number of nitro benzene ring substituents is 1. The SMILES string of the molecule is O=C(CSc1nccs1)Nc1cc([N+](=O)[O-])ccc1Cl. The molecule has 0 aliphatic rings. The van der Waals surface area contributed by atoms with Gasteiger partial charge < -0.3 is 5.32 Å². The van der Waals surface area contributed by atoms with Gasteiger partial charge in [0, 0.05) is 23.7 Å². The summed E-state index contributed by atoms with van der Waals surface area (Å²) in [5.74, 6) is -0.139. The topological polar surface area (TPSA) is 85.1 Å². The van der Waals surface area contributed by atoms with Crippen LogP contribution in [0.25, 0.3) is 0 Å². The Bertz CT molecular complexity index is 634. The lowest BCUT2D eigenvalue weighted by Crippen LogP contribution is -2.14. The molecule has 0 spiro atoms. The van der Waals surface area contributed by atoms with Crippen LogP contribution in [-0.2, 0) is 4.79 Å². The molecule has 0 atom stereocenters.